The first-order valence-corrected chi connectivity index (χ1v) is 6.52. The van der Waals surface area contributed by atoms with Gasteiger partial charge < -0.3 is 0 Å². The Morgan fingerprint density at radius 3 is 2.37 bits per heavy atom. The first-order valence-electron chi connectivity index (χ1n) is 5.70. The van der Waals surface area contributed by atoms with Gasteiger partial charge in [-0.3, -0.25) is 4.79 Å². The Morgan fingerprint density at radius 2 is 1.74 bits per heavy atom. The van der Waals surface area contributed by atoms with E-state index in [-0.39, 0.29) is 10.9 Å². The van der Waals surface area contributed by atoms with Crippen LogP contribution in [0.25, 0.3) is 0 Å². The fourth-order valence-corrected chi connectivity index (χ4v) is 2.08. The molecule has 0 aliphatic carbocycles. The third-order valence-corrected chi connectivity index (χ3v) is 3.13. The molecule has 2 aromatic rings. The van der Waals surface area contributed by atoms with Gasteiger partial charge in [0.1, 0.15) is 5.82 Å². The van der Waals surface area contributed by atoms with E-state index in [4.69, 9.17) is 0 Å². The van der Waals surface area contributed by atoms with Gasteiger partial charge in [0.2, 0.25) is 0 Å². The summed E-state index contributed by atoms with van der Waals surface area (Å²) in [5, 5.41) is 0.0465. The summed E-state index contributed by atoms with van der Waals surface area (Å²) in [6.07, 6.45) is 0. The van der Waals surface area contributed by atoms with E-state index in [0.717, 1.165) is 10.5 Å². The Morgan fingerprint density at radius 1 is 1.05 bits per heavy atom. The number of rotatable bonds is 1. The molecule has 0 heterocycles. The molecule has 0 atom stereocenters. The van der Waals surface area contributed by atoms with E-state index in [9.17, 15) is 9.18 Å². The Hall–Kier alpha value is -2.05. The maximum absolute atomic E-state index is 13.4. The lowest BCUT2D eigenvalue weighted by atomic mass is 10.2. The van der Waals surface area contributed by atoms with Crippen LogP contribution in [0.15, 0.2) is 53.4 Å². The zero-order valence-corrected chi connectivity index (χ0v) is 11.1. The molecule has 0 amide bonds. The van der Waals surface area contributed by atoms with E-state index in [1.165, 1.54) is 24.8 Å². The van der Waals surface area contributed by atoms with E-state index in [0.29, 0.717) is 5.56 Å². The lowest BCUT2D eigenvalue weighted by Gasteiger charge is -1.96. The lowest BCUT2D eigenvalue weighted by molar-refractivity contribution is -0.109. The molecule has 0 saturated carbocycles. The van der Waals surface area contributed by atoms with Gasteiger partial charge in [0.25, 0.3) is 0 Å². The molecular formula is C16H11FOS. The molecule has 2 rings (SSSR count). The van der Waals surface area contributed by atoms with Crippen molar-refractivity contribution in [2.24, 2.45) is 0 Å². The third-order valence-electron chi connectivity index (χ3n) is 2.33. The molecule has 0 bridgehead atoms. The van der Waals surface area contributed by atoms with Crippen molar-refractivity contribution in [3.8, 4) is 11.8 Å². The van der Waals surface area contributed by atoms with E-state index in [2.05, 4.69) is 11.8 Å². The van der Waals surface area contributed by atoms with Gasteiger partial charge in [-0.2, -0.15) is 0 Å². The SMILES string of the molecule is CC(=O)Sc1ccc(C#Cc2ccccc2F)cc1. The molecule has 0 aliphatic heterocycles. The van der Waals surface area contributed by atoms with Gasteiger partial charge in [-0.15, -0.1) is 0 Å². The van der Waals surface area contributed by atoms with Crippen LogP contribution in [0.4, 0.5) is 4.39 Å². The van der Waals surface area contributed by atoms with Crippen LogP contribution in [-0.4, -0.2) is 5.12 Å². The average Bonchev–Trinajstić information content (AvgIpc) is 2.39. The Balaban J connectivity index is 2.17. The van der Waals surface area contributed by atoms with Crippen LogP contribution in [-0.2, 0) is 4.79 Å². The predicted octanol–water partition coefficient (Wildman–Crippen LogP) is 3.86. The number of hydrogen-bond donors (Lipinski definition) is 0. The van der Waals surface area contributed by atoms with Crippen molar-refractivity contribution in [1.82, 2.24) is 0 Å². The van der Waals surface area contributed by atoms with Crippen molar-refractivity contribution >= 4 is 16.9 Å². The Kier molecular flexibility index (Phi) is 4.38. The molecular weight excluding hydrogens is 259 g/mol. The molecule has 0 spiro atoms. The summed E-state index contributed by atoms with van der Waals surface area (Å²) in [6, 6.07) is 13.7. The predicted molar refractivity (Wildman–Crippen MR) is 75.4 cm³/mol. The van der Waals surface area contributed by atoms with Gasteiger partial charge >= 0.3 is 0 Å². The summed E-state index contributed by atoms with van der Waals surface area (Å²) in [5.74, 6) is 5.37. The van der Waals surface area contributed by atoms with E-state index < -0.39 is 0 Å². The Bertz CT molecular complexity index is 650. The van der Waals surface area contributed by atoms with Crippen LogP contribution < -0.4 is 0 Å². The van der Waals surface area contributed by atoms with Crippen LogP contribution in [0.3, 0.4) is 0 Å². The highest BCUT2D eigenvalue weighted by molar-refractivity contribution is 8.13. The fraction of sp³-hybridized carbons (Fsp3) is 0.0625. The zero-order valence-electron chi connectivity index (χ0n) is 10.3. The number of benzene rings is 2. The monoisotopic (exact) mass is 270 g/mol. The van der Waals surface area contributed by atoms with Crippen molar-refractivity contribution < 1.29 is 9.18 Å². The van der Waals surface area contributed by atoms with Gasteiger partial charge in [0.15, 0.2) is 5.12 Å². The van der Waals surface area contributed by atoms with Crippen molar-refractivity contribution in [2.45, 2.75) is 11.8 Å². The standard InChI is InChI=1S/C16H11FOS/c1-12(18)19-15-10-7-13(8-11-15)6-9-14-4-2-3-5-16(14)17/h2-5,7-8,10-11H,1H3. The molecule has 2 aromatic carbocycles. The molecule has 3 heteroatoms. The van der Waals surface area contributed by atoms with Crippen LogP contribution >= 0.6 is 11.8 Å². The lowest BCUT2D eigenvalue weighted by Crippen LogP contribution is -1.83. The highest BCUT2D eigenvalue weighted by atomic mass is 32.2. The summed E-state index contributed by atoms with van der Waals surface area (Å²) in [6.45, 7) is 1.52. The molecule has 0 N–H and O–H groups in total. The third kappa shape index (κ3) is 3.97. The van der Waals surface area contributed by atoms with E-state index in [1.807, 2.05) is 24.3 Å². The maximum atomic E-state index is 13.4. The van der Waals surface area contributed by atoms with Gasteiger partial charge in [-0.25, -0.2) is 4.39 Å². The minimum Gasteiger partial charge on any atom is -0.287 e. The van der Waals surface area contributed by atoms with Crippen LogP contribution in [0, 0.1) is 17.7 Å². The van der Waals surface area contributed by atoms with Crippen molar-refractivity contribution in [1.29, 1.82) is 0 Å². The quantitative estimate of drug-likeness (QED) is 0.578. The van der Waals surface area contributed by atoms with E-state index in [1.54, 1.807) is 18.2 Å². The summed E-state index contributed by atoms with van der Waals surface area (Å²) in [4.78, 5) is 11.8. The van der Waals surface area contributed by atoms with Crippen LogP contribution in [0.2, 0.25) is 0 Å². The fourth-order valence-electron chi connectivity index (χ4n) is 1.47. The average molecular weight is 270 g/mol. The summed E-state index contributed by atoms with van der Waals surface area (Å²) < 4.78 is 13.4. The second kappa shape index (κ2) is 6.21. The first kappa shape index (κ1) is 13.4. The summed E-state index contributed by atoms with van der Waals surface area (Å²) in [5.41, 5.74) is 1.17. The number of hydrogen-bond acceptors (Lipinski definition) is 2. The van der Waals surface area contributed by atoms with Crippen molar-refractivity contribution in [3.63, 3.8) is 0 Å². The molecule has 0 radical (unpaired) electrons. The summed E-state index contributed by atoms with van der Waals surface area (Å²) in [7, 11) is 0. The van der Waals surface area contributed by atoms with Crippen molar-refractivity contribution in [2.75, 3.05) is 0 Å². The number of thioether (sulfide) groups is 1. The Labute approximate surface area is 115 Å². The number of carbonyl (C=O) groups excluding carboxylic acids is 1. The largest absolute Gasteiger partial charge is 0.287 e. The second-order valence-electron chi connectivity index (χ2n) is 3.85. The van der Waals surface area contributed by atoms with Gasteiger partial charge in [0.05, 0.1) is 5.56 Å². The van der Waals surface area contributed by atoms with Crippen LogP contribution in [0.1, 0.15) is 18.1 Å². The van der Waals surface area contributed by atoms with Gasteiger partial charge in [-0.1, -0.05) is 35.7 Å². The molecule has 0 aliphatic rings. The number of carbonyl (C=O) groups is 1. The normalized spacial score (nSPS) is 9.58. The first-order chi connectivity index (χ1) is 9.15. The molecule has 0 aromatic heterocycles. The smallest absolute Gasteiger partial charge is 0.190 e. The van der Waals surface area contributed by atoms with Gasteiger partial charge in [0, 0.05) is 17.4 Å². The molecule has 94 valence electrons. The topological polar surface area (TPSA) is 17.1 Å². The second-order valence-corrected chi connectivity index (χ2v) is 5.10. The number of halogens is 1. The highest BCUT2D eigenvalue weighted by Crippen LogP contribution is 2.18. The molecule has 0 unspecified atom stereocenters. The minimum atomic E-state index is -0.321. The van der Waals surface area contributed by atoms with Crippen LogP contribution in [0.5, 0.6) is 0 Å². The molecule has 1 nitrogen and oxygen atoms in total. The zero-order chi connectivity index (χ0) is 13.7. The van der Waals surface area contributed by atoms with Crippen molar-refractivity contribution in [3.05, 3.63) is 65.5 Å². The molecule has 0 saturated heterocycles. The van der Waals surface area contributed by atoms with E-state index >= 15 is 0 Å². The summed E-state index contributed by atoms with van der Waals surface area (Å²) >= 11 is 1.18. The molecule has 19 heavy (non-hydrogen) atoms. The highest BCUT2D eigenvalue weighted by Gasteiger charge is 1.98. The maximum Gasteiger partial charge on any atom is 0.190 e. The van der Waals surface area contributed by atoms with Gasteiger partial charge in [-0.05, 0) is 36.4 Å². The minimum absolute atomic E-state index is 0.0465. The molecule has 0 fully saturated rings.